The van der Waals surface area contributed by atoms with Crippen molar-refractivity contribution >= 4 is 16.9 Å². The Morgan fingerprint density at radius 3 is 2.73 bits per heavy atom. The van der Waals surface area contributed by atoms with Crippen molar-refractivity contribution in [2.24, 2.45) is 7.05 Å². The number of carbonyl (C=O) groups excluding carboxylic acids is 1. The monoisotopic (exact) mass is 302 g/mol. The highest BCUT2D eigenvalue weighted by Gasteiger charge is 2.19. The number of aromatic nitrogens is 3. The maximum absolute atomic E-state index is 12.6. The first-order chi connectivity index (χ1) is 10.5. The molecule has 0 aliphatic carbocycles. The van der Waals surface area contributed by atoms with Gasteiger partial charge in [0.25, 0.3) is 5.91 Å². The molecule has 1 amide bonds. The number of fused-ring (bicyclic) bond motifs is 1. The third-order valence-electron chi connectivity index (χ3n) is 3.89. The van der Waals surface area contributed by atoms with Crippen molar-refractivity contribution < 1.29 is 4.79 Å². The molecule has 2 rings (SSSR count). The lowest BCUT2D eigenvalue weighted by Crippen LogP contribution is -2.25. The Hall–Kier alpha value is -1.91. The van der Waals surface area contributed by atoms with Crippen LogP contribution in [0, 0.1) is 6.92 Å². The molecule has 0 fully saturated rings. The first-order valence-corrected chi connectivity index (χ1v) is 8.08. The van der Waals surface area contributed by atoms with Crippen LogP contribution in [0.4, 0.5) is 0 Å². The topological polar surface area (TPSA) is 59.8 Å². The largest absolute Gasteiger partial charge is 0.352 e. The zero-order valence-corrected chi connectivity index (χ0v) is 14.2. The highest BCUT2D eigenvalue weighted by molar-refractivity contribution is 6.06. The molecule has 0 saturated carbocycles. The molecule has 0 radical (unpaired) electrons. The Morgan fingerprint density at radius 1 is 1.36 bits per heavy atom. The first kappa shape index (κ1) is 16.5. The summed E-state index contributed by atoms with van der Waals surface area (Å²) in [7, 11) is 1.87. The molecule has 2 aromatic rings. The second-order valence-corrected chi connectivity index (χ2v) is 6.12. The van der Waals surface area contributed by atoms with Crippen LogP contribution < -0.4 is 5.32 Å². The molecule has 0 atom stereocenters. The van der Waals surface area contributed by atoms with E-state index in [1.807, 2.05) is 20.0 Å². The maximum Gasteiger partial charge on any atom is 0.252 e. The van der Waals surface area contributed by atoms with Crippen molar-refractivity contribution in [2.45, 2.75) is 52.9 Å². The molecule has 0 aliphatic heterocycles. The van der Waals surface area contributed by atoms with Crippen molar-refractivity contribution in [3.05, 3.63) is 23.0 Å². The van der Waals surface area contributed by atoms with Crippen LogP contribution >= 0.6 is 0 Å². The molecule has 2 heterocycles. The molecule has 2 aromatic heterocycles. The van der Waals surface area contributed by atoms with E-state index in [-0.39, 0.29) is 11.8 Å². The quantitative estimate of drug-likeness (QED) is 0.833. The van der Waals surface area contributed by atoms with Gasteiger partial charge in [0, 0.05) is 19.3 Å². The number of nitrogens with one attached hydrogen (secondary N) is 1. The van der Waals surface area contributed by atoms with Gasteiger partial charge < -0.3 is 5.32 Å². The van der Waals surface area contributed by atoms with Crippen LogP contribution in [0.25, 0.3) is 11.0 Å². The normalized spacial score (nSPS) is 11.4. The van der Waals surface area contributed by atoms with Gasteiger partial charge in [0.15, 0.2) is 5.65 Å². The summed E-state index contributed by atoms with van der Waals surface area (Å²) in [6.45, 7) is 8.96. The zero-order chi connectivity index (χ0) is 16.3. The van der Waals surface area contributed by atoms with Gasteiger partial charge in [-0.25, -0.2) is 4.98 Å². The van der Waals surface area contributed by atoms with Gasteiger partial charge in [-0.1, -0.05) is 33.6 Å². The standard InChI is InChI=1S/C17H26N4O/c1-6-7-8-9-18-17(22)13-10-14(11(2)3)19-16-15(13)12(4)20-21(16)5/h10-11H,6-9H2,1-5H3,(H,18,22). The smallest absolute Gasteiger partial charge is 0.252 e. The van der Waals surface area contributed by atoms with E-state index in [1.165, 1.54) is 0 Å². The fourth-order valence-corrected chi connectivity index (χ4v) is 2.61. The van der Waals surface area contributed by atoms with E-state index in [0.717, 1.165) is 41.7 Å². The number of rotatable bonds is 6. The third-order valence-corrected chi connectivity index (χ3v) is 3.89. The van der Waals surface area contributed by atoms with Crippen molar-refractivity contribution in [3.8, 4) is 0 Å². The van der Waals surface area contributed by atoms with Crippen molar-refractivity contribution in [3.63, 3.8) is 0 Å². The Balaban J connectivity index is 2.40. The summed E-state index contributed by atoms with van der Waals surface area (Å²) in [4.78, 5) is 17.3. The van der Waals surface area contributed by atoms with Gasteiger partial charge in [0.1, 0.15) is 0 Å². The molecule has 0 bridgehead atoms. The third kappa shape index (κ3) is 3.29. The highest BCUT2D eigenvalue weighted by Crippen LogP contribution is 2.24. The Morgan fingerprint density at radius 2 is 2.09 bits per heavy atom. The summed E-state index contributed by atoms with van der Waals surface area (Å²) in [5, 5.41) is 8.30. The number of nitrogens with zero attached hydrogens (tertiary/aromatic N) is 3. The van der Waals surface area contributed by atoms with E-state index >= 15 is 0 Å². The fourth-order valence-electron chi connectivity index (χ4n) is 2.61. The molecule has 1 N–H and O–H groups in total. The Labute approximate surface area is 132 Å². The van der Waals surface area contributed by atoms with E-state index in [0.29, 0.717) is 12.1 Å². The van der Waals surface area contributed by atoms with E-state index in [9.17, 15) is 4.79 Å². The zero-order valence-electron chi connectivity index (χ0n) is 14.2. The summed E-state index contributed by atoms with van der Waals surface area (Å²) in [6, 6.07) is 1.91. The Kier molecular flexibility index (Phi) is 5.16. The van der Waals surface area contributed by atoms with Crippen molar-refractivity contribution in [1.29, 1.82) is 0 Å². The predicted molar refractivity (Wildman–Crippen MR) is 89.2 cm³/mol. The molecular weight excluding hydrogens is 276 g/mol. The van der Waals surface area contributed by atoms with Crippen LogP contribution in [-0.2, 0) is 7.05 Å². The molecule has 5 heteroatoms. The summed E-state index contributed by atoms with van der Waals surface area (Å²) < 4.78 is 1.75. The van der Waals surface area contributed by atoms with Gasteiger partial charge in [-0.2, -0.15) is 5.10 Å². The van der Waals surface area contributed by atoms with Gasteiger partial charge in [-0.3, -0.25) is 9.48 Å². The van der Waals surface area contributed by atoms with E-state index in [4.69, 9.17) is 0 Å². The second-order valence-electron chi connectivity index (χ2n) is 6.12. The molecule has 0 spiro atoms. The van der Waals surface area contributed by atoms with Crippen LogP contribution in [0.3, 0.4) is 0 Å². The van der Waals surface area contributed by atoms with Crippen LogP contribution in [-0.4, -0.2) is 27.2 Å². The second kappa shape index (κ2) is 6.90. The number of amides is 1. The molecular formula is C17H26N4O. The molecule has 0 aliphatic rings. The van der Waals surface area contributed by atoms with E-state index in [1.54, 1.807) is 4.68 Å². The van der Waals surface area contributed by atoms with Gasteiger partial charge >= 0.3 is 0 Å². The summed E-state index contributed by atoms with van der Waals surface area (Å²) in [6.07, 6.45) is 3.29. The van der Waals surface area contributed by atoms with Crippen LogP contribution in [0.15, 0.2) is 6.07 Å². The lowest BCUT2D eigenvalue weighted by Gasteiger charge is -2.10. The highest BCUT2D eigenvalue weighted by atomic mass is 16.1. The summed E-state index contributed by atoms with van der Waals surface area (Å²) in [5.41, 5.74) is 3.24. The minimum absolute atomic E-state index is 0.0264. The molecule has 5 nitrogen and oxygen atoms in total. The number of pyridine rings is 1. The SMILES string of the molecule is CCCCCNC(=O)c1cc(C(C)C)nc2c1c(C)nn2C. The minimum atomic E-state index is -0.0264. The Bertz CT molecular complexity index is 673. The van der Waals surface area contributed by atoms with Gasteiger partial charge in [-0.05, 0) is 25.3 Å². The predicted octanol–water partition coefficient (Wildman–Crippen LogP) is 3.32. The molecule has 22 heavy (non-hydrogen) atoms. The number of hydrogen-bond donors (Lipinski definition) is 1. The van der Waals surface area contributed by atoms with Crippen LogP contribution in [0.1, 0.15) is 67.7 Å². The van der Waals surface area contributed by atoms with Crippen molar-refractivity contribution in [1.82, 2.24) is 20.1 Å². The fraction of sp³-hybridized carbons (Fsp3) is 0.588. The lowest BCUT2D eigenvalue weighted by molar-refractivity contribution is 0.0954. The van der Waals surface area contributed by atoms with Crippen LogP contribution in [0.2, 0.25) is 0 Å². The number of unbranched alkanes of at least 4 members (excludes halogenated alkanes) is 2. The van der Waals surface area contributed by atoms with Crippen LogP contribution in [0.5, 0.6) is 0 Å². The van der Waals surface area contributed by atoms with E-state index < -0.39 is 0 Å². The number of aryl methyl sites for hydroxylation is 2. The summed E-state index contributed by atoms with van der Waals surface area (Å²) >= 11 is 0. The molecule has 0 aromatic carbocycles. The maximum atomic E-state index is 12.6. The number of hydrogen-bond acceptors (Lipinski definition) is 3. The number of carbonyl (C=O) groups is 1. The van der Waals surface area contributed by atoms with Gasteiger partial charge in [0.05, 0.1) is 16.6 Å². The molecule has 0 unspecified atom stereocenters. The average Bonchev–Trinajstić information content (AvgIpc) is 2.77. The lowest BCUT2D eigenvalue weighted by atomic mass is 10.0. The molecule has 120 valence electrons. The summed E-state index contributed by atoms with van der Waals surface area (Å²) in [5.74, 6) is 0.243. The first-order valence-electron chi connectivity index (χ1n) is 8.08. The van der Waals surface area contributed by atoms with Gasteiger partial charge in [-0.15, -0.1) is 0 Å². The van der Waals surface area contributed by atoms with Gasteiger partial charge in [0.2, 0.25) is 0 Å². The van der Waals surface area contributed by atoms with E-state index in [2.05, 4.69) is 36.2 Å². The molecule has 0 saturated heterocycles. The average molecular weight is 302 g/mol. The minimum Gasteiger partial charge on any atom is -0.352 e. The van der Waals surface area contributed by atoms with Crippen molar-refractivity contribution in [2.75, 3.05) is 6.54 Å².